The van der Waals surface area contributed by atoms with Crippen LogP contribution in [0.15, 0.2) is 0 Å². The Labute approximate surface area is 65.8 Å². The first kappa shape index (κ1) is 9.94. The minimum absolute atomic E-state index is 0.435. The maximum atomic E-state index is 10.8. The summed E-state index contributed by atoms with van der Waals surface area (Å²) in [5.41, 5.74) is -0.435. The molecule has 0 aliphatic heterocycles. The molecule has 4 nitrogen and oxygen atoms in total. The predicted molar refractivity (Wildman–Crippen MR) is 40.2 cm³/mol. The van der Waals surface area contributed by atoms with Gasteiger partial charge in [0.05, 0.1) is 0 Å². The van der Waals surface area contributed by atoms with E-state index in [4.69, 9.17) is 5.11 Å². The number of likely N-dealkylation sites (N-methyl/N-ethyl adjacent to an activating group) is 1. The van der Waals surface area contributed by atoms with Crippen molar-refractivity contribution in [2.45, 2.75) is 26.3 Å². The van der Waals surface area contributed by atoms with Crippen molar-refractivity contribution in [3.63, 3.8) is 0 Å². The van der Waals surface area contributed by atoms with Gasteiger partial charge in [0.2, 0.25) is 0 Å². The summed E-state index contributed by atoms with van der Waals surface area (Å²) >= 11 is 0. The number of carboxylic acid groups (broad SMARTS) is 1. The molecule has 0 heterocycles. The van der Waals surface area contributed by atoms with Gasteiger partial charge in [-0.05, 0) is 20.8 Å². The molecular weight excluding hydrogens is 146 g/mol. The highest BCUT2D eigenvalue weighted by atomic mass is 16.4. The molecule has 0 aliphatic rings. The molecule has 0 fully saturated rings. The van der Waals surface area contributed by atoms with Gasteiger partial charge in [0.25, 0.3) is 0 Å². The number of carboxylic acids is 1. The molecule has 4 heteroatoms. The maximum absolute atomic E-state index is 10.8. The summed E-state index contributed by atoms with van der Waals surface area (Å²) in [4.78, 5) is 22.2. The second-order valence-electron chi connectivity index (χ2n) is 3.34. The van der Waals surface area contributed by atoms with E-state index in [1.54, 1.807) is 20.8 Å². The zero-order valence-electron chi connectivity index (χ0n) is 7.21. The Bertz CT molecular complexity index is 181. The second-order valence-corrected chi connectivity index (χ2v) is 3.34. The van der Waals surface area contributed by atoms with E-state index < -0.39 is 17.4 Å². The molecule has 0 spiro atoms. The molecule has 0 aromatic heterocycles. The molecule has 1 amide bonds. The van der Waals surface area contributed by atoms with Crippen LogP contribution in [0, 0.1) is 0 Å². The normalized spacial score (nSPS) is 10.9. The third kappa shape index (κ3) is 2.57. The van der Waals surface area contributed by atoms with Gasteiger partial charge in [0.1, 0.15) is 0 Å². The highest BCUT2D eigenvalue weighted by Crippen LogP contribution is 2.09. The topological polar surface area (TPSA) is 57.6 Å². The van der Waals surface area contributed by atoms with Gasteiger partial charge in [-0.25, -0.2) is 4.79 Å². The van der Waals surface area contributed by atoms with Crippen LogP contribution in [0.5, 0.6) is 0 Å². The van der Waals surface area contributed by atoms with Gasteiger partial charge >= 0.3 is 11.9 Å². The number of hydrogen-bond donors (Lipinski definition) is 1. The maximum Gasteiger partial charge on any atom is 0.394 e. The molecule has 0 aromatic carbocycles. The van der Waals surface area contributed by atoms with E-state index in [1.165, 1.54) is 11.9 Å². The summed E-state index contributed by atoms with van der Waals surface area (Å²) in [6.45, 7) is 5.32. The SMILES string of the molecule is CN(C(=O)C(=O)O)C(C)(C)C. The minimum Gasteiger partial charge on any atom is -0.474 e. The molecule has 0 atom stereocenters. The van der Waals surface area contributed by atoms with Crippen molar-refractivity contribution in [1.29, 1.82) is 0 Å². The Morgan fingerprint density at radius 1 is 1.27 bits per heavy atom. The van der Waals surface area contributed by atoms with Crippen molar-refractivity contribution in [3.8, 4) is 0 Å². The van der Waals surface area contributed by atoms with Gasteiger partial charge in [0, 0.05) is 12.6 Å². The second kappa shape index (κ2) is 2.90. The van der Waals surface area contributed by atoms with Crippen LogP contribution in [-0.2, 0) is 9.59 Å². The first-order valence-electron chi connectivity index (χ1n) is 3.28. The number of hydrogen-bond acceptors (Lipinski definition) is 2. The molecule has 0 saturated carbocycles. The Balaban J connectivity index is 4.38. The number of rotatable bonds is 0. The average Bonchev–Trinajstić information content (AvgIpc) is 1.82. The third-order valence-corrected chi connectivity index (χ3v) is 1.49. The summed E-state index contributed by atoms with van der Waals surface area (Å²) in [5, 5.41) is 8.32. The van der Waals surface area contributed by atoms with Crippen LogP contribution in [0.25, 0.3) is 0 Å². The largest absolute Gasteiger partial charge is 0.474 e. The molecular formula is C7H13NO3. The summed E-state index contributed by atoms with van der Waals surface area (Å²) in [7, 11) is 1.47. The molecule has 0 radical (unpaired) electrons. The molecule has 0 aliphatic carbocycles. The van der Waals surface area contributed by atoms with E-state index >= 15 is 0 Å². The van der Waals surface area contributed by atoms with Crippen LogP contribution < -0.4 is 0 Å². The fraction of sp³-hybridized carbons (Fsp3) is 0.714. The lowest BCUT2D eigenvalue weighted by atomic mass is 10.1. The third-order valence-electron chi connectivity index (χ3n) is 1.49. The van der Waals surface area contributed by atoms with E-state index in [9.17, 15) is 9.59 Å². The van der Waals surface area contributed by atoms with Crippen molar-refractivity contribution < 1.29 is 14.7 Å². The van der Waals surface area contributed by atoms with Crippen LogP contribution in [-0.4, -0.2) is 34.5 Å². The predicted octanol–water partition coefficient (Wildman–Crippen LogP) is 0.328. The molecule has 64 valence electrons. The van der Waals surface area contributed by atoms with Crippen LogP contribution in [0.3, 0.4) is 0 Å². The lowest BCUT2D eigenvalue weighted by molar-refractivity contribution is -0.157. The Morgan fingerprint density at radius 3 is 1.73 bits per heavy atom. The number of carbonyl (C=O) groups excluding carboxylic acids is 1. The first-order valence-corrected chi connectivity index (χ1v) is 3.28. The van der Waals surface area contributed by atoms with Crippen molar-refractivity contribution in [2.24, 2.45) is 0 Å². The van der Waals surface area contributed by atoms with E-state index in [-0.39, 0.29) is 0 Å². The zero-order valence-corrected chi connectivity index (χ0v) is 7.21. The number of nitrogens with zero attached hydrogens (tertiary/aromatic N) is 1. The molecule has 0 rings (SSSR count). The van der Waals surface area contributed by atoms with E-state index in [0.29, 0.717) is 0 Å². The Hall–Kier alpha value is -1.06. The standard InChI is InChI=1S/C7H13NO3/c1-7(2,3)8(4)5(9)6(10)11/h1-4H3,(H,10,11). The summed E-state index contributed by atoms with van der Waals surface area (Å²) < 4.78 is 0. The van der Waals surface area contributed by atoms with Gasteiger partial charge in [-0.15, -0.1) is 0 Å². The average molecular weight is 159 g/mol. The smallest absolute Gasteiger partial charge is 0.394 e. The lowest BCUT2D eigenvalue weighted by Gasteiger charge is -2.30. The van der Waals surface area contributed by atoms with Crippen LogP contribution in [0.2, 0.25) is 0 Å². The fourth-order valence-electron chi connectivity index (χ4n) is 0.448. The number of carbonyl (C=O) groups is 2. The van der Waals surface area contributed by atoms with Gasteiger partial charge in [0.15, 0.2) is 0 Å². The van der Waals surface area contributed by atoms with E-state index in [2.05, 4.69) is 0 Å². The quantitative estimate of drug-likeness (QED) is 0.518. The molecule has 0 saturated heterocycles. The van der Waals surface area contributed by atoms with Crippen LogP contribution in [0.1, 0.15) is 20.8 Å². The van der Waals surface area contributed by atoms with Crippen LogP contribution in [0.4, 0.5) is 0 Å². The molecule has 11 heavy (non-hydrogen) atoms. The van der Waals surface area contributed by atoms with Gasteiger partial charge in [-0.2, -0.15) is 0 Å². The van der Waals surface area contributed by atoms with Crippen molar-refractivity contribution in [1.82, 2.24) is 4.90 Å². The monoisotopic (exact) mass is 159 g/mol. The van der Waals surface area contributed by atoms with E-state index in [1.807, 2.05) is 0 Å². The Morgan fingerprint density at radius 2 is 1.64 bits per heavy atom. The molecule has 1 N–H and O–H groups in total. The molecule has 0 unspecified atom stereocenters. The van der Waals surface area contributed by atoms with Gasteiger partial charge < -0.3 is 10.0 Å². The minimum atomic E-state index is -1.41. The molecule has 0 bridgehead atoms. The van der Waals surface area contributed by atoms with Crippen molar-refractivity contribution in [3.05, 3.63) is 0 Å². The first-order chi connectivity index (χ1) is 4.76. The molecule has 0 aromatic rings. The van der Waals surface area contributed by atoms with Crippen LogP contribution >= 0.6 is 0 Å². The number of aliphatic carboxylic acids is 1. The fourth-order valence-corrected chi connectivity index (χ4v) is 0.448. The highest BCUT2D eigenvalue weighted by molar-refractivity contribution is 6.31. The zero-order chi connectivity index (χ0) is 9.23. The van der Waals surface area contributed by atoms with Gasteiger partial charge in [-0.3, -0.25) is 4.79 Å². The number of amides is 1. The summed E-state index contributed by atoms with van der Waals surface area (Å²) in [6.07, 6.45) is 0. The summed E-state index contributed by atoms with van der Waals surface area (Å²) in [6, 6.07) is 0. The lowest BCUT2D eigenvalue weighted by Crippen LogP contribution is -2.45. The Kier molecular flexibility index (Phi) is 2.62. The summed E-state index contributed by atoms with van der Waals surface area (Å²) in [5.74, 6) is -2.29. The highest BCUT2D eigenvalue weighted by Gasteiger charge is 2.26. The van der Waals surface area contributed by atoms with Crippen molar-refractivity contribution in [2.75, 3.05) is 7.05 Å². The van der Waals surface area contributed by atoms with Crippen molar-refractivity contribution >= 4 is 11.9 Å². The van der Waals surface area contributed by atoms with E-state index in [0.717, 1.165) is 0 Å². The van der Waals surface area contributed by atoms with Gasteiger partial charge in [-0.1, -0.05) is 0 Å².